The smallest absolute Gasteiger partial charge is 0.311 e. The van der Waals surface area contributed by atoms with Gasteiger partial charge in [-0.3, -0.25) is 10.1 Å². The number of halogens is 1. The Hall–Kier alpha value is -0.890. The van der Waals surface area contributed by atoms with Crippen LogP contribution in [0.2, 0.25) is 0 Å². The van der Waals surface area contributed by atoms with E-state index in [-0.39, 0.29) is 5.69 Å². The van der Waals surface area contributed by atoms with E-state index in [9.17, 15) is 10.1 Å². The number of hydrogen-bond acceptors (Lipinski definition) is 4. The number of nitro benzene ring substituents is 1. The summed E-state index contributed by atoms with van der Waals surface area (Å²) < 4.78 is 6.56. The Labute approximate surface area is 132 Å². The average Bonchev–Trinajstić information content (AvgIpc) is 2.46. The van der Waals surface area contributed by atoms with E-state index < -0.39 is 4.92 Å². The fourth-order valence-electron chi connectivity index (χ4n) is 2.77. The van der Waals surface area contributed by atoms with Gasteiger partial charge in [0, 0.05) is 9.64 Å². The fraction of sp³-hybridized carbons (Fsp3) is 0.571. The van der Waals surface area contributed by atoms with Crippen LogP contribution >= 0.6 is 22.6 Å². The summed E-state index contributed by atoms with van der Waals surface area (Å²) in [6.45, 7) is 1.19. The van der Waals surface area contributed by atoms with Crippen molar-refractivity contribution < 1.29 is 9.66 Å². The zero-order valence-corrected chi connectivity index (χ0v) is 13.4. The molecule has 2 N–H and O–H groups in total. The molecule has 0 bridgehead atoms. The molecule has 1 aromatic rings. The van der Waals surface area contributed by atoms with E-state index >= 15 is 0 Å². The minimum Gasteiger partial charge on any atom is -0.487 e. The number of benzene rings is 1. The number of nitrogens with two attached hydrogens (primary N) is 1. The largest absolute Gasteiger partial charge is 0.487 e. The van der Waals surface area contributed by atoms with Crippen LogP contribution in [0.1, 0.15) is 25.7 Å². The van der Waals surface area contributed by atoms with Gasteiger partial charge in [0.1, 0.15) is 0 Å². The van der Waals surface area contributed by atoms with Crippen LogP contribution < -0.4 is 10.5 Å². The molecule has 1 fully saturated rings. The second kappa shape index (κ2) is 7.21. The Bertz CT molecular complexity index is 481. The minimum absolute atomic E-state index is 0.0389. The molecular weight excluding hydrogens is 371 g/mol. The van der Waals surface area contributed by atoms with Crippen molar-refractivity contribution in [2.45, 2.75) is 25.7 Å². The maximum absolute atomic E-state index is 11.0. The molecule has 0 aliphatic heterocycles. The zero-order valence-electron chi connectivity index (χ0n) is 11.3. The first-order valence-electron chi connectivity index (χ1n) is 6.88. The number of hydrogen-bond donors (Lipinski definition) is 1. The van der Waals surface area contributed by atoms with E-state index in [4.69, 9.17) is 10.5 Å². The van der Waals surface area contributed by atoms with Crippen LogP contribution in [0.4, 0.5) is 5.69 Å². The highest BCUT2D eigenvalue weighted by atomic mass is 127. The highest BCUT2D eigenvalue weighted by Crippen LogP contribution is 2.33. The summed E-state index contributed by atoms with van der Waals surface area (Å²) >= 11 is 2.06. The summed E-state index contributed by atoms with van der Waals surface area (Å²) in [6, 6.07) is 5.04. The van der Waals surface area contributed by atoms with E-state index in [1.807, 2.05) is 6.07 Å². The van der Waals surface area contributed by atoms with Crippen molar-refractivity contribution in [3.8, 4) is 5.75 Å². The molecule has 110 valence electrons. The molecule has 2 rings (SSSR count). The first-order chi connectivity index (χ1) is 9.61. The molecule has 2 unspecified atom stereocenters. The maximum atomic E-state index is 11.0. The summed E-state index contributed by atoms with van der Waals surface area (Å²) in [5, 5.41) is 11.0. The van der Waals surface area contributed by atoms with Crippen LogP contribution in [0.25, 0.3) is 0 Å². The monoisotopic (exact) mass is 390 g/mol. The van der Waals surface area contributed by atoms with Gasteiger partial charge in [-0.1, -0.05) is 12.8 Å². The lowest BCUT2D eigenvalue weighted by Gasteiger charge is -2.30. The molecule has 1 aromatic carbocycles. The predicted octanol–water partition coefficient (Wildman–Crippen LogP) is 3.34. The molecule has 1 aliphatic rings. The third-order valence-corrected chi connectivity index (χ3v) is 4.61. The molecule has 1 saturated carbocycles. The Kier molecular flexibility index (Phi) is 5.59. The first-order valence-corrected chi connectivity index (χ1v) is 7.96. The minimum atomic E-state index is -0.390. The number of nitro groups is 1. The normalized spacial score (nSPS) is 22.5. The molecule has 20 heavy (non-hydrogen) atoms. The number of rotatable bonds is 5. The van der Waals surface area contributed by atoms with Crippen LogP contribution in [0.3, 0.4) is 0 Å². The summed E-state index contributed by atoms with van der Waals surface area (Å²) in [5.74, 6) is 1.25. The zero-order chi connectivity index (χ0) is 14.5. The highest BCUT2D eigenvalue weighted by Gasteiger charge is 2.25. The van der Waals surface area contributed by atoms with Gasteiger partial charge in [0.05, 0.1) is 11.5 Å². The second-order valence-corrected chi connectivity index (χ2v) is 6.47. The van der Waals surface area contributed by atoms with E-state index in [0.717, 1.165) is 16.4 Å². The van der Waals surface area contributed by atoms with Crippen LogP contribution in [0.5, 0.6) is 5.75 Å². The van der Waals surface area contributed by atoms with E-state index in [0.29, 0.717) is 30.7 Å². The molecule has 2 atom stereocenters. The second-order valence-electron chi connectivity index (χ2n) is 5.22. The maximum Gasteiger partial charge on any atom is 0.311 e. The van der Waals surface area contributed by atoms with Gasteiger partial charge in [-0.05, 0) is 65.9 Å². The van der Waals surface area contributed by atoms with Crippen molar-refractivity contribution in [2.75, 3.05) is 13.2 Å². The van der Waals surface area contributed by atoms with Crippen LogP contribution in [-0.2, 0) is 0 Å². The Balaban J connectivity index is 2.04. The van der Waals surface area contributed by atoms with Crippen molar-refractivity contribution in [1.82, 2.24) is 0 Å². The molecule has 0 aromatic heterocycles. The molecule has 0 amide bonds. The standard InChI is InChI=1S/C14H19IN2O3/c15-12-5-6-14(13(7-12)17(18)19)20-9-11-4-2-1-3-10(11)8-16/h5-7,10-11H,1-4,8-9,16H2. The number of nitrogens with zero attached hydrogens (tertiary/aromatic N) is 1. The topological polar surface area (TPSA) is 78.4 Å². The molecule has 6 heteroatoms. The summed E-state index contributed by atoms with van der Waals surface area (Å²) in [5.41, 5.74) is 5.83. The van der Waals surface area contributed by atoms with Crippen molar-refractivity contribution in [1.29, 1.82) is 0 Å². The summed E-state index contributed by atoms with van der Waals surface area (Å²) in [7, 11) is 0. The molecule has 0 heterocycles. The van der Waals surface area contributed by atoms with Gasteiger partial charge >= 0.3 is 5.69 Å². The molecule has 0 spiro atoms. The van der Waals surface area contributed by atoms with Crippen LogP contribution in [0.15, 0.2) is 18.2 Å². The first kappa shape index (κ1) is 15.5. The Morgan fingerprint density at radius 2 is 2.05 bits per heavy atom. The summed E-state index contributed by atoms with van der Waals surface area (Å²) in [4.78, 5) is 10.7. The van der Waals surface area contributed by atoms with Gasteiger partial charge in [0.2, 0.25) is 0 Å². The van der Waals surface area contributed by atoms with Crippen molar-refractivity contribution >= 4 is 28.3 Å². The highest BCUT2D eigenvalue weighted by molar-refractivity contribution is 14.1. The molecule has 0 radical (unpaired) electrons. The average molecular weight is 390 g/mol. The lowest BCUT2D eigenvalue weighted by molar-refractivity contribution is -0.386. The van der Waals surface area contributed by atoms with Crippen LogP contribution in [0, 0.1) is 25.5 Å². The molecule has 5 nitrogen and oxygen atoms in total. The Morgan fingerprint density at radius 1 is 1.35 bits per heavy atom. The van der Waals surface area contributed by atoms with Gasteiger partial charge in [-0.15, -0.1) is 0 Å². The fourth-order valence-corrected chi connectivity index (χ4v) is 3.24. The van der Waals surface area contributed by atoms with Gasteiger partial charge in [0.25, 0.3) is 0 Å². The van der Waals surface area contributed by atoms with Gasteiger partial charge in [-0.25, -0.2) is 0 Å². The van der Waals surface area contributed by atoms with E-state index in [2.05, 4.69) is 22.6 Å². The lowest BCUT2D eigenvalue weighted by Crippen LogP contribution is -2.30. The van der Waals surface area contributed by atoms with E-state index in [1.165, 1.54) is 18.9 Å². The lowest BCUT2D eigenvalue weighted by atomic mass is 9.80. The van der Waals surface area contributed by atoms with Gasteiger partial charge in [0.15, 0.2) is 5.75 Å². The number of ether oxygens (including phenoxy) is 1. The summed E-state index contributed by atoms with van der Waals surface area (Å²) in [6.07, 6.45) is 4.65. The molecule has 1 aliphatic carbocycles. The third-order valence-electron chi connectivity index (χ3n) is 3.94. The van der Waals surface area contributed by atoms with Gasteiger partial charge < -0.3 is 10.5 Å². The molecule has 0 saturated heterocycles. The quantitative estimate of drug-likeness (QED) is 0.475. The van der Waals surface area contributed by atoms with Crippen molar-refractivity contribution in [2.24, 2.45) is 17.6 Å². The van der Waals surface area contributed by atoms with Crippen molar-refractivity contribution in [3.63, 3.8) is 0 Å². The SMILES string of the molecule is NCC1CCCCC1COc1ccc(I)cc1[N+](=O)[O-]. The van der Waals surface area contributed by atoms with E-state index in [1.54, 1.807) is 6.07 Å². The Morgan fingerprint density at radius 3 is 2.70 bits per heavy atom. The third kappa shape index (κ3) is 3.82. The molecular formula is C14H19IN2O3. The van der Waals surface area contributed by atoms with Gasteiger partial charge in [-0.2, -0.15) is 0 Å². The van der Waals surface area contributed by atoms with Crippen molar-refractivity contribution in [3.05, 3.63) is 31.9 Å². The predicted molar refractivity (Wildman–Crippen MR) is 85.8 cm³/mol. The van der Waals surface area contributed by atoms with Crippen LogP contribution in [-0.4, -0.2) is 18.1 Å².